The van der Waals surface area contributed by atoms with Gasteiger partial charge in [-0.25, -0.2) is 9.67 Å². The third-order valence-corrected chi connectivity index (χ3v) is 4.07. The summed E-state index contributed by atoms with van der Waals surface area (Å²) in [7, 11) is 0. The van der Waals surface area contributed by atoms with Crippen LogP contribution in [0.25, 0.3) is 23.2 Å². The number of carbonyl (C=O) groups is 1. The van der Waals surface area contributed by atoms with Crippen molar-refractivity contribution in [3.05, 3.63) is 65.5 Å². The highest BCUT2D eigenvalue weighted by Crippen LogP contribution is 2.25. The summed E-state index contributed by atoms with van der Waals surface area (Å²) in [5, 5.41) is 8.97. The van der Waals surface area contributed by atoms with Gasteiger partial charge in [-0.1, -0.05) is 36.4 Å². The Balaban J connectivity index is 2.04. The first-order chi connectivity index (χ1) is 12.5. The first kappa shape index (κ1) is 17.9. The van der Waals surface area contributed by atoms with E-state index in [1.807, 2.05) is 61.0 Å². The highest BCUT2D eigenvalue weighted by molar-refractivity contribution is 6.30. The molecule has 0 spiro atoms. The van der Waals surface area contributed by atoms with Gasteiger partial charge in [-0.2, -0.15) is 5.10 Å². The van der Waals surface area contributed by atoms with Gasteiger partial charge < -0.3 is 5.32 Å². The smallest absolute Gasteiger partial charge is 0.247 e. The molecule has 1 aromatic carbocycles. The van der Waals surface area contributed by atoms with Gasteiger partial charge in [0.1, 0.15) is 0 Å². The molecular weight excluding hydrogens is 348 g/mol. The summed E-state index contributed by atoms with van der Waals surface area (Å²) >= 11 is 5.93. The normalized spacial score (nSPS) is 11.4. The van der Waals surface area contributed by atoms with Gasteiger partial charge in [0.2, 0.25) is 5.91 Å². The maximum atomic E-state index is 11.6. The largest absolute Gasteiger partial charge is 0.321 e. The van der Waals surface area contributed by atoms with Crippen LogP contribution in [0.1, 0.15) is 31.1 Å². The molecule has 0 aliphatic rings. The Labute approximate surface area is 157 Å². The topological polar surface area (TPSA) is 59.8 Å². The van der Waals surface area contributed by atoms with Crippen molar-refractivity contribution in [2.45, 2.75) is 19.9 Å². The van der Waals surface area contributed by atoms with Crippen molar-refractivity contribution < 1.29 is 4.79 Å². The van der Waals surface area contributed by atoms with Crippen LogP contribution in [0.3, 0.4) is 0 Å². The van der Waals surface area contributed by atoms with Crippen molar-refractivity contribution in [1.82, 2.24) is 14.8 Å². The predicted molar refractivity (Wildman–Crippen MR) is 107 cm³/mol. The van der Waals surface area contributed by atoms with Crippen LogP contribution in [0.15, 0.2) is 49.2 Å². The number of benzene rings is 1. The fourth-order valence-corrected chi connectivity index (χ4v) is 2.67. The molecule has 2 aromatic heterocycles. The third kappa shape index (κ3) is 3.83. The number of amides is 1. The summed E-state index contributed by atoms with van der Waals surface area (Å²) in [4.78, 5) is 16.0. The number of fused-ring (bicyclic) bond motifs is 1. The van der Waals surface area contributed by atoms with Crippen LogP contribution in [-0.4, -0.2) is 20.7 Å². The lowest BCUT2D eigenvalue weighted by Gasteiger charge is -2.06. The van der Waals surface area contributed by atoms with Crippen molar-refractivity contribution >= 4 is 46.4 Å². The number of rotatable bonds is 5. The van der Waals surface area contributed by atoms with Crippen molar-refractivity contribution in [3.63, 3.8) is 0 Å². The lowest BCUT2D eigenvalue weighted by atomic mass is 10.1. The van der Waals surface area contributed by atoms with Crippen molar-refractivity contribution in [3.8, 4) is 0 Å². The van der Waals surface area contributed by atoms with Crippen molar-refractivity contribution in [2.75, 3.05) is 5.32 Å². The van der Waals surface area contributed by atoms with Gasteiger partial charge in [0.05, 0.1) is 17.6 Å². The van der Waals surface area contributed by atoms with Gasteiger partial charge >= 0.3 is 0 Å². The van der Waals surface area contributed by atoms with Crippen LogP contribution < -0.4 is 5.32 Å². The number of nitrogens with one attached hydrogen (secondary N) is 1. The van der Waals surface area contributed by atoms with Crippen molar-refractivity contribution in [1.29, 1.82) is 0 Å². The van der Waals surface area contributed by atoms with Crippen LogP contribution >= 0.6 is 11.6 Å². The van der Waals surface area contributed by atoms with E-state index in [1.165, 1.54) is 6.08 Å². The molecule has 0 aliphatic heterocycles. The Morgan fingerprint density at radius 3 is 2.65 bits per heavy atom. The van der Waals surface area contributed by atoms with Crippen LogP contribution in [0.5, 0.6) is 0 Å². The van der Waals surface area contributed by atoms with E-state index < -0.39 is 0 Å². The molecule has 0 unspecified atom stereocenters. The zero-order valence-corrected chi connectivity index (χ0v) is 15.4. The molecule has 1 amide bonds. The number of nitrogens with zero attached hydrogens (tertiary/aromatic N) is 3. The fourth-order valence-electron chi connectivity index (χ4n) is 2.54. The van der Waals surface area contributed by atoms with Gasteiger partial charge in [0.25, 0.3) is 0 Å². The van der Waals surface area contributed by atoms with E-state index in [4.69, 9.17) is 11.6 Å². The summed E-state index contributed by atoms with van der Waals surface area (Å²) in [5.74, 6) is -0.277. The number of carbonyl (C=O) groups excluding carboxylic acids is 1. The minimum absolute atomic E-state index is 0.163. The summed E-state index contributed by atoms with van der Waals surface area (Å²) in [5.41, 5.74) is 3.18. The van der Waals surface area contributed by atoms with E-state index in [2.05, 4.69) is 22.0 Å². The molecule has 0 radical (unpaired) electrons. The molecule has 26 heavy (non-hydrogen) atoms. The summed E-state index contributed by atoms with van der Waals surface area (Å²) < 4.78 is 1.87. The first-order valence-corrected chi connectivity index (χ1v) is 8.61. The Morgan fingerprint density at radius 1 is 1.27 bits per heavy atom. The Hall–Kier alpha value is -2.92. The number of anilines is 1. The lowest BCUT2D eigenvalue weighted by molar-refractivity contribution is -0.111. The average Bonchev–Trinajstić information content (AvgIpc) is 2.99. The summed E-state index contributed by atoms with van der Waals surface area (Å²) in [6.07, 6.45) is 6.75. The molecule has 0 saturated heterocycles. The molecule has 3 rings (SSSR count). The van der Waals surface area contributed by atoms with Gasteiger partial charge in [-0.15, -0.1) is 0 Å². The minimum Gasteiger partial charge on any atom is -0.321 e. The average molecular weight is 367 g/mol. The number of pyridine rings is 1. The van der Waals surface area contributed by atoms with E-state index in [1.54, 1.807) is 6.20 Å². The standard InChI is InChI=1S/C20H19ClN4O/c1-4-19(26)23-16-11-17-18(10-7-14-5-8-15(21)9-6-14)24-25(13(2)3)20(17)22-12-16/h4-13H,1H2,2-3H3,(H,23,26)/b10-7+. The van der Waals surface area contributed by atoms with Crippen LogP contribution in [0, 0.1) is 0 Å². The Kier molecular flexibility index (Phi) is 5.19. The van der Waals surface area contributed by atoms with Crippen molar-refractivity contribution in [2.24, 2.45) is 0 Å². The molecule has 132 valence electrons. The third-order valence-electron chi connectivity index (χ3n) is 3.82. The highest BCUT2D eigenvalue weighted by Gasteiger charge is 2.13. The Bertz CT molecular complexity index is 987. The lowest BCUT2D eigenvalue weighted by Crippen LogP contribution is -2.08. The number of hydrogen-bond acceptors (Lipinski definition) is 3. The zero-order chi connectivity index (χ0) is 18.7. The molecule has 0 fully saturated rings. The zero-order valence-electron chi connectivity index (χ0n) is 14.6. The van der Waals surface area contributed by atoms with E-state index in [-0.39, 0.29) is 11.9 Å². The van der Waals surface area contributed by atoms with Gasteiger partial charge in [-0.05, 0) is 49.8 Å². The molecule has 1 N–H and O–H groups in total. The predicted octanol–water partition coefficient (Wildman–Crippen LogP) is 4.96. The molecule has 0 atom stereocenters. The monoisotopic (exact) mass is 366 g/mol. The highest BCUT2D eigenvalue weighted by atomic mass is 35.5. The van der Waals surface area contributed by atoms with Gasteiger partial charge in [0.15, 0.2) is 5.65 Å². The van der Waals surface area contributed by atoms with Crippen LogP contribution in [0.4, 0.5) is 5.69 Å². The van der Waals surface area contributed by atoms with E-state index >= 15 is 0 Å². The van der Waals surface area contributed by atoms with E-state index in [0.29, 0.717) is 10.7 Å². The maximum Gasteiger partial charge on any atom is 0.247 e. The second kappa shape index (κ2) is 7.54. The van der Waals surface area contributed by atoms with Crippen LogP contribution in [0.2, 0.25) is 5.02 Å². The fraction of sp³-hybridized carbons (Fsp3) is 0.150. The first-order valence-electron chi connectivity index (χ1n) is 8.23. The molecule has 0 aliphatic carbocycles. The van der Waals surface area contributed by atoms with E-state index in [0.717, 1.165) is 22.3 Å². The molecule has 5 nitrogen and oxygen atoms in total. The second-order valence-corrected chi connectivity index (χ2v) is 6.53. The van der Waals surface area contributed by atoms with Gasteiger partial charge in [-0.3, -0.25) is 4.79 Å². The molecule has 0 saturated carbocycles. The number of halogens is 1. The molecule has 2 heterocycles. The number of aromatic nitrogens is 3. The molecule has 6 heteroatoms. The minimum atomic E-state index is -0.277. The summed E-state index contributed by atoms with van der Waals surface area (Å²) in [6.45, 7) is 7.56. The molecular formula is C20H19ClN4O. The van der Waals surface area contributed by atoms with Gasteiger partial charge in [0, 0.05) is 16.5 Å². The molecule has 0 bridgehead atoms. The quantitative estimate of drug-likeness (QED) is 0.649. The maximum absolute atomic E-state index is 11.6. The Morgan fingerprint density at radius 2 is 2.00 bits per heavy atom. The van der Waals surface area contributed by atoms with E-state index in [9.17, 15) is 4.79 Å². The number of hydrogen-bond donors (Lipinski definition) is 1. The van der Waals surface area contributed by atoms with Crippen LogP contribution in [-0.2, 0) is 4.79 Å². The summed E-state index contributed by atoms with van der Waals surface area (Å²) in [6, 6.07) is 9.60. The molecule has 3 aromatic rings. The SMILES string of the molecule is C=CC(=O)Nc1cnc2c(c1)c(/C=C/c1ccc(Cl)cc1)nn2C(C)C. The second-order valence-electron chi connectivity index (χ2n) is 6.10.